The molecule has 1 saturated carbocycles. The predicted molar refractivity (Wildman–Crippen MR) is 77.7 cm³/mol. The summed E-state index contributed by atoms with van der Waals surface area (Å²) in [5.74, 6) is -0.796. The molecule has 1 aliphatic rings. The van der Waals surface area contributed by atoms with E-state index in [0.29, 0.717) is 25.4 Å². The number of hydrogen-bond acceptors (Lipinski definition) is 3. The van der Waals surface area contributed by atoms with Gasteiger partial charge in [-0.3, -0.25) is 4.79 Å². The van der Waals surface area contributed by atoms with Gasteiger partial charge in [-0.15, -0.1) is 0 Å². The number of hydrogen-bond donors (Lipinski definition) is 3. The van der Waals surface area contributed by atoms with E-state index >= 15 is 0 Å². The van der Waals surface area contributed by atoms with Gasteiger partial charge >= 0.3 is 12.0 Å². The van der Waals surface area contributed by atoms with Crippen LogP contribution in [0.1, 0.15) is 39.5 Å². The minimum atomic E-state index is -0.796. The number of carboxylic acids is 1. The first kappa shape index (κ1) is 16.8. The molecule has 0 aliphatic heterocycles. The van der Waals surface area contributed by atoms with Crippen molar-refractivity contribution in [2.45, 2.75) is 45.6 Å². The second kappa shape index (κ2) is 7.47. The minimum absolute atomic E-state index is 0.216. The standard InChI is InChI=1S/C14H27N3O3/c1-11(2)17(3)9-8-15-13(20)16-10-14(12(18)19)6-4-5-7-14/h11H,4-10H2,1-3H3,(H,18,19)(H2,15,16,20). The zero-order valence-corrected chi connectivity index (χ0v) is 12.7. The number of carbonyl (C=O) groups excluding carboxylic acids is 1. The van der Waals surface area contributed by atoms with Crippen LogP contribution in [0.25, 0.3) is 0 Å². The van der Waals surface area contributed by atoms with Crippen LogP contribution in [0, 0.1) is 5.41 Å². The normalized spacial score (nSPS) is 17.4. The Bertz CT molecular complexity index is 339. The number of aliphatic carboxylic acids is 1. The SMILES string of the molecule is CC(C)N(C)CCNC(=O)NCC1(C(=O)O)CCCC1. The first-order chi connectivity index (χ1) is 9.37. The van der Waals surface area contributed by atoms with Crippen LogP contribution in [0.15, 0.2) is 0 Å². The summed E-state index contributed by atoms with van der Waals surface area (Å²) in [7, 11) is 2.00. The number of likely N-dealkylation sites (N-methyl/N-ethyl adjacent to an activating group) is 1. The van der Waals surface area contributed by atoms with Crippen LogP contribution in [0.4, 0.5) is 4.79 Å². The van der Waals surface area contributed by atoms with Crippen molar-refractivity contribution in [3.8, 4) is 0 Å². The minimum Gasteiger partial charge on any atom is -0.481 e. The molecule has 2 amide bonds. The number of nitrogens with one attached hydrogen (secondary N) is 2. The molecule has 20 heavy (non-hydrogen) atoms. The molecule has 1 fully saturated rings. The summed E-state index contributed by atoms with van der Waals surface area (Å²) in [6.07, 6.45) is 3.15. The van der Waals surface area contributed by atoms with Crippen molar-refractivity contribution in [2.24, 2.45) is 5.41 Å². The molecule has 0 aromatic carbocycles. The highest BCUT2D eigenvalue weighted by Gasteiger charge is 2.41. The van der Waals surface area contributed by atoms with Gasteiger partial charge in [-0.25, -0.2) is 4.79 Å². The van der Waals surface area contributed by atoms with E-state index in [1.54, 1.807) is 0 Å². The third-order valence-electron chi connectivity index (χ3n) is 4.23. The number of carboxylic acid groups (broad SMARTS) is 1. The lowest BCUT2D eigenvalue weighted by molar-refractivity contribution is -0.148. The van der Waals surface area contributed by atoms with Crippen LogP contribution >= 0.6 is 0 Å². The molecule has 3 N–H and O–H groups in total. The monoisotopic (exact) mass is 285 g/mol. The third-order valence-corrected chi connectivity index (χ3v) is 4.23. The summed E-state index contributed by atoms with van der Waals surface area (Å²) in [4.78, 5) is 25.2. The fourth-order valence-electron chi connectivity index (χ4n) is 2.43. The van der Waals surface area contributed by atoms with Gasteiger partial charge in [0.25, 0.3) is 0 Å². The summed E-state index contributed by atoms with van der Waals surface area (Å²) in [5.41, 5.74) is -0.758. The van der Waals surface area contributed by atoms with Crippen molar-refractivity contribution < 1.29 is 14.7 Å². The highest BCUT2D eigenvalue weighted by atomic mass is 16.4. The fourth-order valence-corrected chi connectivity index (χ4v) is 2.43. The van der Waals surface area contributed by atoms with Crippen LogP contribution in [0.5, 0.6) is 0 Å². The molecule has 0 saturated heterocycles. The van der Waals surface area contributed by atoms with Gasteiger partial charge < -0.3 is 20.6 Å². The average Bonchev–Trinajstić information content (AvgIpc) is 2.86. The molecule has 0 atom stereocenters. The highest BCUT2D eigenvalue weighted by Crippen LogP contribution is 2.37. The molecule has 0 radical (unpaired) electrons. The van der Waals surface area contributed by atoms with Gasteiger partial charge in [-0.05, 0) is 33.7 Å². The van der Waals surface area contributed by atoms with Crippen molar-refractivity contribution in [2.75, 3.05) is 26.7 Å². The van der Waals surface area contributed by atoms with Gasteiger partial charge in [0, 0.05) is 25.7 Å². The topological polar surface area (TPSA) is 81.7 Å². The Morgan fingerprint density at radius 3 is 2.35 bits per heavy atom. The lowest BCUT2D eigenvalue weighted by Gasteiger charge is -2.24. The Kier molecular flexibility index (Phi) is 6.26. The largest absolute Gasteiger partial charge is 0.481 e. The first-order valence-corrected chi connectivity index (χ1v) is 7.33. The van der Waals surface area contributed by atoms with Crippen LogP contribution in [0.3, 0.4) is 0 Å². The van der Waals surface area contributed by atoms with Gasteiger partial charge in [-0.2, -0.15) is 0 Å². The summed E-state index contributed by atoms with van der Waals surface area (Å²) in [6, 6.07) is 0.156. The first-order valence-electron chi connectivity index (χ1n) is 7.33. The Morgan fingerprint density at radius 1 is 1.25 bits per heavy atom. The number of rotatable bonds is 7. The van der Waals surface area contributed by atoms with E-state index in [1.165, 1.54) is 0 Å². The summed E-state index contributed by atoms with van der Waals surface area (Å²) in [6.45, 7) is 5.73. The summed E-state index contributed by atoms with van der Waals surface area (Å²) in [5, 5.41) is 14.8. The molecule has 116 valence electrons. The lowest BCUT2D eigenvalue weighted by atomic mass is 9.86. The number of amides is 2. The van der Waals surface area contributed by atoms with Crippen LogP contribution < -0.4 is 10.6 Å². The Hall–Kier alpha value is -1.30. The van der Waals surface area contributed by atoms with E-state index in [0.717, 1.165) is 19.4 Å². The third kappa shape index (κ3) is 4.67. The number of urea groups is 1. The zero-order chi connectivity index (χ0) is 15.2. The average molecular weight is 285 g/mol. The maximum Gasteiger partial charge on any atom is 0.314 e. The van der Waals surface area contributed by atoms with Gasteiger partial charge in [0.05, 0.1) is 5.41 Å². The van der Waals surface area contributed by atoms with Gasteiger partial charge in [0.15, 0.2) is 0 Å². The molecule has 0 bridgehead atoms. The van der Waals surface area contributed by atoms with Gasteiger partial charge in [0.1, 0.15) is 0 Å². The summed E-state index contributed by atoms with van der Waals surface area (Å²) < 4.78 is 0. The molecule has 6 nitrogen and oxygen atoms in total. The smallest absolute Gasteiger partial charge is 0.314 e. The molecule has 0 heterocycles. The van der Waals surface area contributed by atoms with Crippen molar-refractivity contribution in [1.29, 1.82) is 0 Å². The number of carbonyl (C=O) groups is 2. The molecule has 1 aliphatic carbocycles. The van der Waals surface area contributed by atoms with Crippen molar-refractivity contribution in [1.82, 2.24) is 15.5 Å². The Labute approximate surface area is 120 Å². The molecule has 1 rings (SSSR count). The number of nitrogens with zero attached hydrogens (tertiary/aromatic N) is 1. The second-order valence-electron chi connectivity index (χ2n) is 5.98. The molecule has 0 aromatic heterocycles. The van der Waals surface area contributed by atoms with E-state index < -0.39 is 11.4 Å². The van der Waals surface area contributed by atoms with Crippen LogP contribution in [-0.4, -0.2) is 54.7 Å². The Balaban J connectivity index is 2.27. The second-order valence-corrected chi connectivity index (χ2v) is 5.98. The molecule has 0 aromatic rings. The molecule has 0 unspecified atom stereocenters. The van der Waals surface area contributed by atoms with Crippen LogP contribution in [0.2, 0.25) is 0 Å². The fraction of sp³-hybridized carbons (Fsp3) is 0.857. The zero-order valence-electron chi connectivity index (χ0n) is 12.7. The molecule has 6 heteroatoms. The van der Waals surface area contributed by atoms with Gasteiger partial charge in [0.2, 0.25) is 0 Å². The van der Waals surface area contributed by atoms with Crippen molar-refractivity contribution >= 4 is 12.0 Å². The molecular formula is C14H27N3O3. The van der Waals surface area contributed by atoms with Crippen molar-refractivity contribution in [3.63, 3.8) is 0 Å². The maximum atomic E-state index is 11.7. The van der Waals surface area contributed by atoms with E-state index in [9.17, 15) is 14.7 Å². The Morgan fingerprint density at radius 2 is 1.85 bits per heavy atom. The molecule has 0 spiro atoms. The molecular weight excluding hydrogens is 258 g/mol. The quantitative estimate of drug-likeness (QED) is 0.658. The van der Waals surface area contributed by atoms with Crippen molar-refractivity contribution in [3.05, 3.63) is 0 Å². The van der Waals surface area contributed by atoms with Gasteiger partial charge in [-0.1, -0.05) is 12.8 Å². The lowest BCUT2D eigenvalue weighted by Crippen LogP contribution is -2.46. The maximum absolute atomic E-state index is 11.7. The van der Waals surface area contributed by atoms with E-state index in [1.807, 2.05) is 7.05 Å². The highest BCUT2D eigenvalue weighted by molar-refractivity contribution is 5.78. The predicted octanol–water partition coefficient (Wildman–Crippen LogP) is 1.27. The van der Waals surface area contributed by atoms with Crippen LogP contribution in [-0.2, 0) is 4.79 Å². The van der Waals surface area contributed by atoms with E-state index in [4.69, 9.17) is 0 Å². The summed E-state index contributed by atoms with van der Waals surface area (Å²) >= 11 is 0. The van der Waals surface area contributed by atoms with E-state index in [-0.39, 0.29) is 12.6 Å². The van der Waals surface area contributed by atoms with E-state index in [2.05, 4.69) is 29.4 Å².